The van der Waals surface area contributed by atoms with Crippen LogP contribution in [-0.4, -0.2) is 37.6 Å². The zero-order chi connectivity index (χ0) is 11.3. The van der Waals surface area contributed by atoms with Crippen molar-refractivity contribution in [3.05, 3.63) is 0 Å². The van der Waals surface area contributed by atoms with Crippen molar-refractivity contribution in [1.29, 1.82) is 0 Å². The van der Waals surface area contributed by atoms with E-state index in [9.17, 15) is 0 Å². The molecule has 90 valence electrons. The van der Waals surface area contributed by atoms with Crippen LogP contribution in [0.2, 0.25) is 0 Å². The van der Waals surface area contributed by atoms with Gasteiger partial charge in [-0.3, -0.25) is 0 Å². The van der Waals surface area contributed by atoms with Crippen LogP contribution in [0.3, 0.4) is 0 Å². The van der Waals surface area contributed by atoms with Gasteiger partial charge in [0, 0.05) is 6.04 Å². The largest absolute Gasteiger partial charge is 0.313 e. The third-order valence-electron chi connectivity index (χ3n) is 3.75. The second-order valence-corrected chi connectivity index (χ2v) is 5.41. The molecule has 1 rings (SSSR count). The minimum Gasteiger partial charge on any atom is -0.313 e. The van der Waals surface area contributed by atoms with Gasteiger partial charge in [0.15, 0.2) is 0 Å². The maximum absolute atomic E-state index is 3.73. The Bertz CT molecular complexity index is 160. The Morgan fingerprint density at radius 2 is 1.87 bits per heavy atom. The van der Waals surface area contributed by atoms with Crippen molar-refractivity contribution in [2.75, 3.05) is 26.7 Å². The quantitative estimate of drug-likeness (QED) is 0.752. The van der Waals surface area contributed by atoms with E-state index in [-0.39, 0.29) is 0 Å². The van der Waals surface area contributed by atoms with Crippen LogP contribution < -0.4 is 5.32 Å². The van der Waals surface area contributed by atoms with E-state index in [1.165, 1.54) is 38.9 Å². The summed E-state index contributed by atoms with van der Waals surface area (Å²) in [4.78, 5) is 2.44. The van der Waals surface area contributed by atoms with Crippen molar-refractivity contribution in [3.63, 3.8) is 0 Å². The zero-order valence-electron chi connectivity index (χ0n) is 10.9. The monoisotopic (exact) mass is 212 g/mol. The molecule has 0 radical (unpaired) electrons. The van der Waals surface area contributed by atoms with Crippen molar-refractivity contribution in [3.8, 4) is 0 Å². The molecular formula is C13H28N2. The Kier molecular flexibility index (Phi) is 5.62. The molecule has 0 saturated carbocycles. The first-order valence-corrected chi connectivity index (χ1v) is 6.55. The van der Waals surface area contributed by atoms with Gasteiger partial charge < -0.3 is 10.2 Å². The van der Waals surface area contributed by atoms with Crippen LogP contribution in [0, 0.1) is 11.8 Å². The van der Waals surface area contributed by atoms with Crippen LogP contribution in [-0.2, 0) is 0 Å². The predicted molar refractivity (Wildman–Crippen MR) is 67.1 cm³/mol. The maximum atomic E-state index is 3.73. The van der Waals surface area contributed by atoms with Gasteiger partial charge in [-0.2, -0.15) is 0 Å². The Morgan fingerprint density at radius 1 is 1.27 bits per heavy atom. The van der Waals surface area contributed by atoms with Gasteiger partial charge in [-0.1, -0.05) is 20.8 Å². The molecule has 2 nitrogen and oxygen atoms in total. The molecule has 1 fully saturated rings. The summed E-state index contributed by atoms with van der Waals surface area (Å²) in [7, 11) is 2.23. The molecule has 0 aromatic rings. The number of nitrogens with zero attached hydrogens (tertiary/aromatic N) is 1. The van der Waals surface area contributed by atoms with Crippen LogP contribution in [0.5, 0.6) is 0 Å². The molecule has 0 spiro atoms. The van der Waals surface area contributed by atoms with Crippen LogP contribution in [0.15, 0.2) is 0 Å². The van der Waals surface area contributed by atoms with Crippen LogP contribution >= 0.6 is 0 Å². The number of rotatable bonds is 5. The normalized spacial score (nSPS) is 22.2. The highest BCUT2D eigenvalue weighted by Crippen LogP contribution is 2.16. The lowest BCUT2D eigenvalue weighted by molar-refractivity contribution is 0.208. The highest BCUT2D eigenvalue weighted by atomic mass is 15.1. The number of hydrogen-bond acceptors (Lipinski definition) is 2. The minimum absolute atomic E-state index is 0.713. The molecule has 1 atom stereocenters. The fourth-order valence-electron chi connectivity index (χ4n) is 2.44. The molecule has 0 aromatic carbocycles. The molecule has 1 aliphatic rings. The van der Waals surface area contributed by atoms with Crippen molar-refractivity contribution in [2.45, 2.75) is 46.1 Å². The van der Waals surface area contributed by atoms with Crippen molar-refractivity contribution < 1.29 is 0 Å². The van der Waals surface area contributed by atoms with E-state index in [0.717, 1.165) is 11.8 Å². The predicted octanol–water partition coefficient (Wildman–Crippen LogP) is 2.35. The molecule has 2 heteroatoms. The first kappa shape index (κ1) is 13.0. The first-order valence-electron chi connectivity index (χ1n) is 6.55. The van der Waals surface area contributed by atoms with Crippen LogP contribution in [0.1, 0.15) is 40.0 Å². The van der Waals surface area contributed by atoms with Gasteiger partial charge in [0.05, 0.1) is 0 Å². The van der Waals surface area contributed by atoms with E-state index in [4.69, 9.17) is 0 Å². The molecule has 1 heterocycles. The molecule has 1 saturated heterocycles. The van der Waals surface area contributed by atoms with E-state index in [0.29, 0.717) is 6.04 Å². The summed E-state index contributed by atoms with van der Waals surface area (Å²) in [6.07, 6.45) is 4.00. The standard InChI is InChI=1S/C13H28N2/c1-5-13(11(2)3)14-10-12-6-8-15(4)9-7-12/h11-14H,5-10H2,1-4H3. The van der Waals surface area contributed by atoms with Crippen molar-refractivity contribution >= 4 is 0 Å². The zero-order valence-corrected chi connectivity index (χ0v) is 10.9. The highest BCUT2D eigenvalue weighted by Gasteiger charge is 2.18. The van der Waals surface area contributed by atoms with Gasteiger partial charge in [-0.15, -0.1) is 0 Å². The average Bonchev–Trinajstić information content (AvgIpc) is 2.21. The third kappa shape index (κ3) is 4.52. The molecule has 1 unspecified atom stereocenters. The number of piperidine rings is 1. The molecular weight excluding hydrogens is 184 g/mol. The van der Waals surface area contributed by atoms with Gasteiger partial charge in [0.2, 0.25) is 0 Å². The van der Waals surface area contributed by atoms with Gasteiger partial charge in [-0.05, 0) is 57.8 Å². The van der Waals surface area contributed by atoms with E-state index in [2.05, 4.69) is 38.0 Å². The van der Waals surface area contributed by atoms with E-state index < -0.39 is 0 Å². The molecule has 1 aliphatic heterocycles. The first-order chi connectivity index (χ1) is 7.13. The fraction of sp³-hybridized carbons (Fsp3) is 1.00. The minimum atomic E-state index is 0.713. The molecule has 0 aliphatic carbocycles. The van der Waals surface area contributed by atoms with E-state index >= 15 is 0 Å². The van der Waals surface area contributed by atoms with Gasteiger partial charge in [0.25, 0.3) is 0 Å². The SMILES string of the molecule is CCC(NCC1CCN(C)CC1)C(C)C. The second kappa shape index (κ2) is 6.49. The van der Waals surface area contributed by atoms with Gasteiger partial charge in [0.1, 0.15) is 0 Å². The Hall–Kier alpha value is -0.0800. The summed E-state index contributed by atoms with van der Waals surface area (Å²) in [6.45, 7) is 10.7. The van der Waals surface area contributed by atoms with Crippen LogP contribution in [0.25, 0.3) is 0 Å². The summed E-state index contributed by atoms with van der Waals surface area (Å²) < 4.78 is 0. The summed E-state index contributed by atoms with van der Waals surface area (Å²) in [5, 5.41) is 3.73. The molecule has 0 amide bonds. The van der Waals surface area contributed by atoms with Crippen LogP contribution in [0.4, 0.5) is 0 Å². The van der Waals surface area contributed by atoms with Crippen molar-refractivity contribution in [2.24, 2.45) is 11.8 Å². The Balaban J connectivity index is 2.18. The lowest BCUT2D eigenvalue weighted by Crippen LogP contribution is -2.40. The van der Waals surface area contributed by atoms with E-state index in [1.807, 2.05) is 0 Å². The summed E-state index contributed by atoms with van der Waals surface area (Å²) in [5.41, 5.74) is 0. The Labute approximate surface area is 95.4 Å². The number of hydrogen-bond donors (Lipinski definition) is 1. The molecule has 0 bridgehead atoms. The van der Waals surface area contributed by atoms with Gasteiger partial charge >= 0.3 is 0 Å². The van der Waals surface area contributed by atoms with Crippen molar-refractivity contribution in [1.82, 2.24) is 10.2 Å². The number of nitrogens with one attached hydrogen (secondary N) is 1. The third-order valence-corrected chi connectivity index (χ3v) is 3.75. The highest BCUT2D eigenvalue weighted by molar-refractivity contribution is 4.75. The summed E-state index contributed by atoms with van der Waals surface area (Å²) >= 11 is 0. The second-order valence-electron chi connectivity index (χ2n) is 5.41. The summed E-state index contributed by atoms with van der Waals surface area (Å²) in [6, 6.07) is 0.713. The lowest BCUT2D eigenvalue weighted by atomic mass is 9.95. The fourth-order valence-corrected chi connectivity index (χ4v) is 2.44. The molecule has 1 N–H and O–H groups in total. The average molecular weight is 212 g/mol. The lowest BCUT2D eigenvalue weighted by Gasteiger charge is -2.31. The Morgan fingerprint density at radius 3 is 2.33 bits per heavy atom. The maximum Gasteiger partial charge on any atom is 0.00875 e. The summed E-state index contributed by atoms with van der Waals surface area (Å²) in [5.74, 6) is 1.68. The van der Waals surface area contributed by atoms with E-state index in [1.54, 1.807) is 0 Å². The topological polar surface area (TPSA) is 15.3 Å². The molecule has 15 heavy (non-hydrogen) atoms. The molecule has 0 aromatic heterocycles. The smallest absolute Gasteiger partial charge is 0.00875 e. The van der Waals surface area contributed by atoms with Gasteiger partial charge in [-0.25, -0.2) is 0 Å². The number of likely N-dealkylation sites (tertiary alicyclic amines) is 1.